The van der Waals surface area contributed by atoms with E-state index in [0.717, 1.165) is 12.0 Å². The average molecular weight is 401 g/mol. The first-order valence-corrected chi connectivity index (χ1v) is 10.8. The van der Waals surface area contributed by atoms with Gasteiger partial charge >= 0.3 is 0 Å². The predicted molar refractivity (Wildman–Crippen MR) is 108 cm³/mol. The van der Waals surface area contributed by atoms with Gasteiger partial charge in [0.1, 0.15) is 18.0 Å². The zero-order valence-electron chi connectivity index (χ0n) is 17.7. The summed E-state index contributed by atoms with van der Waals surface area (Å²) in [7, 11) is 0. The molecule has 0 bridgehead atoms. The van der Waals surface area contributed by atoms with Crippen LogP contribution in [0.5, 0.6) is 0 Å². The lowest BCUT2D eigenvalue weighted by atomic mass is 9.39. The van der Waals surface area contributed by atoms with Crippen molar-refractivity contribution in [2.24, 2.45) is 34.0 Å². The van der Waals surface area contributed by atoms with E-state index in [4.69, 9.17) is 0 Å². The Morgan fingerprint density at radius 1 is 1.28 bits per heavy atom. The molecule has 0 aromatic carbocycles. The van der Waals surface area contributed by atoms with Gasteiger partial charge in [-0.25, -0.2) is 0 Å². The highest BCUT2D eigenvalue weighted by molar-refractivity contribution is 5.95. The summed E-state index contributed by atoms with van der Waals surface area (Å²) in [5.74, 6) is -0.532. The van der Waals surface area contributed by atoms with Gasteiger partial charge in [0, 0.05) is 29.6 Å². The first-order valence-electron chi connectivity index (χ1n) is 10.8. The lowest BCUT2D eigenvalue weighted by Gasteiger charge is -2.63. The number of Topliss-reactive ketones (excluding diaryl/α,β-unsaturated/α-hetero) is 2. The SMILES string of the molecule is C=CC12CC[C@](O)(C(=O)CO)[C@@]1(C)CC(=O)C1C2C[C@H](C)C2=CC(=O)CCC21C. The molecule has 0 heterocycles. The number of aliphatic hydroxyl groups excluding tert-OH is 1. The van der Waals surface area contributed by atoms with Gasteiger partial charge in [0.15, 0.2) is 11.6 Å². The summed E-state index contributed by atoms with van der Waals surface area (Å²) in [6.07, 6.45) is 6.41. The van der Waals surface area contributed by atoms with Crippen LogP contribution in [0.4, 0.5) is 0 Å². The van der Waals surface area contributed by atoms with E-state index in [1.807, 2.05) is 13.0 Å². The predicted octanol–water partition coefficient (Wildman–Crippen LogP) is 2.79. The van der Waals surface area contributed by atoms with Crippen LogP contribution in [0, 0.1) is 34.0 Å². The number of hydrogen-bond donors (Lipinski definition) is 2. The highest BCUT2D eigenvalue weighted by Crippen LogP contribution is 2.73. The van der Waals surface area contributed by atoms with Crippen LogP contribution < -0.4 is 0 Å². The van der Waals surface area contributed by atoms with E-state index in [1.165, 1.54) is 0 Å². The van der Waals surface area contributed by atoms with Crippen LogP contribution in [-0.4, -0.2) is 39.8 Å². The summed E-state index contributed by atoms with van der Waals surface area (Å²) in [5.41, 5.74) is -2.55. The third-order valence-electron chi connectivity index (χ3n) is 9.44. The number of allylic oxidation sites excluding steroid dienone is 2. The molecule has 4 aliphatic carbocycles. The maximum absolute atomic E-state index is 13.7. The van der Waals surface area contributed by atoms with E-state index >= 15 is 0 Å². The summed E-state index contributed by atoms with van der Waals surface area (Å²) in [5, 5.41) is 21.0. The molecular formula is C24H32O5. The van der Waals surface area contributed by atoms with Crippen molar-refractivity contribution < 1.29 is 24.6 Å². The summed E-state index contributed by atoms with van der Waals surface area (Å²) >= 11 is 0. The summed E-state index contributed by atoms with van der Waals surface area (Å²) in [6.45, 7) is 9.47. The second-order valence-electron chi connectivity index (χ2n) is 10.4. The van der Waals surface area contributed by atoms with Crippen LogP contribution in [0.3, 0.4) is 0 Å². The Hall–Kier alpha value is -1.59. The molecule has 0 aromatic heterocycles. The van der Waals surface area contributed by atoms with Crippen LogP contribution in [0.15, 0.2) is 24.3 Å². The molecule has 4 rings (SSSR count). The number of aliphatic hydroxyl groups is 2. The summed E-state index contributed by atoms with van der Waals surface area (Å²) in [4.78, 5) is 38.4. The number of carbonyl (C=O) groups is 3. The van der Waals surface area contributed by atoms with Crippen LogP contribution in [-0.2, 0) is 14.4 Å². The average Bonchev–Trinajstić information content (AvgIpc) is 2.91. The lowest BCUT2D eigenvalue weighted by molar-refractivity contribution is -0.182. The van der Waals surface area contributed by atoms with Gasteiger partial charge in [0.05, 0.1) is 0 Å². The standard InChI is InChI=1S/C24H32O5/c1-5-23-8-9-24(29,19(28)13-25)22(23,4)12-18(27)20-17(23)10-14(2)16-11-15(26)6-7-21(16,20)3/h5,11,14,17,20,25,29H,1,6-10,12-13H2,2-4H3/t14-,17?,20?,21?,22-,23?,24-/m0/s1. The van der Waals surface area contributed by atoms with Crippen molar-refractivity contribution in [1.82, 2.24) is 0 Å². The highest BCUT2D eigenvalue weighted by atomic mass is 16.3. The second kappa shape index (κ2) is 6.21. The quantitative estimate of drug-likeness (QED) is 0.711. The van der Waals surface area contributed by atoms with Gasteiger partial charge < -0.3 is 10.2 Å². The van der Waals surface area contributed by atoms with Crippen molar-refractivity contribution in [2.75, 3.05) is 6.61 Å². The van der Waals surface area contributed by atoms with Crippen molar-refractivity contribution in [1.29, 1.82) is 0 Å². The molecule has 29 heavy (non-hydrogen) atoms. The first kappa shape index (κ1) is 20.7. The molecule has 5 nitrogen and oxygen atoms in total. The molecule has 0 saturated heterocycles. The number of rotatable bonds is 3. The summed E-state index contributed by atoms with van der Waals surface area (Å²) < 4.78 is 0. The van der Waals surface area contributed by atoms with E-state index in [2.05, 4.69) is 20.4 Å². The topological polar surface area (TPSA) is 91.7 Å². The largest absolute Gasteiger partial charge is 0.388 e. The molecule has 2 N–H and O–H groups in total. The minimum atomic E-state index is -1.72. The van der Waals surface area contributed by atoms with Gasteiger partial charge in [-0.3, -0.25) is 14.4 Å². The Labute approximate surface area is 172 Å². The number of ketones is 3. The minimum absolute atomic E-state index is 0.0443. The third-order valence-corrected chi connectivity index (χ3v) is 9.44. The normalized spacial score (nSPS) is 49.0. The molecule has 3 saturated carbocycles. The Morgan fingerprint density at radius 3 is 2.59 bits per heavy atom. The fourth-order valence-corrected chi connectivity index (χ4v) is 7.90. The molecule has 3 fully saturated rings. The molecule has 0 radical (unpaired) electrons. The number of carbonyl (C=O) groups excluding carboxylic acids is 3. The van der Waals surface area contributed by atoms with Crippen LogP contribution in [0.1, 0.15) is 59.3 Å². The van der Waals surface area contributed by atoms with Crippen LogP contribution >= 0.6 is 0 Å². The molecule has 4 unspecified atom stereocenters. The number of hydrogen-bond acceptors (Lipinski definition) is 5. The third kappa shape index (κ3) is 2.26. The van der Waals surface area contributed by atoms with E-state index < -0.39 is 28.8 Å². The monoisotopic (exact) mass is 400 g/mol. The molecule has 5 heteroatoms. The maximum atomic E-state index is 13.7. The molecule has 0 amide bonds. The van der Waals surface area contributed by atoms with Crippen molar-refractivity contribution in [3.05, 3.63) is 24.3 Å². The van der Waals surface area contributed by atoms with Gasteiger partial charge in [-0.15, -0.1) is 6.58 Å². The van der Waals surface area contributed by atoms with Gasteiger partial charge in [-0.1, -0.05) is 32.4 Å². The molecular weight excluding hydrogens is 368 g/mol. The zero-order chi connectivity index (χ0) is 21.4. The first-order chi connectivity index (χ1) is 13.5. The second-order valence-corrected chi connectivity index (χ2v) is 10.4. The van der Waals surface area contributed by atoms with E-state index in [-0.39, 0.29) is 47.6 Å². The van der Waals surface area contributed by atoms with Crippen molar-refractivity contribution in [2.45, 2.75) is 64.9 Å². The zero-order valence-corrected chi connectivity index (χ0v) is 17.7. The van der Waals surface area contributed by atoms with E-state index in [1.54, 1.807) is 6.08 Å². The fraction of sp³-hybridized carbons (Fsp3) is 0.708. The molecule has 4 aliphatic rings. The van der Waals surface area contributed by atoms with Crippen LogP contribution in [0.25, 0.3) is 0 Å². The van der Waals surface area contributed by atoms with Crippen molar-refractivity contribution in [3.63, 3.8) is 0 Å². The summed E-state index contributed by atoms with van der Waals surface area (Å²) in [6, 6.07) is 0. The smallest absolute Gasteiger partial charge is 0.190 e. The van der Waals surface area contributed by atoms with Gasteiger partial charge in [-0.05, 0) is 49.0 Å². The molecule has 0 spiro atoms. The van der Waals surface area contributed by atoms with E-state index in [0.29, 0.717) is 19.3 Å². The van der Waals surface area contributed by atoms with E-state index in [9.17, 15) is 24.6 Å². The fourth-order valence-electron chi connectivity index (χ4n) is 7.90. The number of fused-ring (bicyclic) bond motifs is 5. The van der Waals surface area contributed by atoms with Gasteiger partial charge in [-0.2, -0.15) is 0 Å². The van der Waals surface area contributed by atoms with Crippen molar-refractivity contribution in [3.8, 4) is 0 Å². The molecule has 0 aromatic rings. The molecule has 0 aliphatic heterocycles. The maximum Gasteiger partial charge on any atom is 0.190 e. The Balaban J connectivity index is 1.89. The minimum Gasteiger partial charge on any atom is -0.388 e. The Bertz CT molecular complexity index is 842. The van der Waals surface area contributed by atoms with Gasteiger partial charge in [0.25, 0.3) is 0 Å². The Kier molecular flexibility index (Phi) is 4.43. The molecule has 7 atom stereocenters. The van der Waals surface area contributed by atoms with Crippen molar-refractivity contribution >= 4 is 17.3 Å². The van der Waals surface area contributed by atoms with Gasteiger partial charge in [0.2, 0.25) is 0 Å². The molecule has 158 valence electrons. The Morgan fingerprint density at radius 2 is 1.97 bits per heavy atom. The highest BCUT2D eigenvalue weighted by Gasteiger charge is 2.74. The lowest BCUT2D eigenvalue weighted by Crippen LogP contribution is -2.65. The van der Waals surface area contributed by atoms with Crippen LogP contribution in [0.2, 0.25) is 0 Å².